The highest BCUT2D eigenvalue weighted by molar-refractivity contribution is 7.92. The van der Waals surface area contributed by atoms with Crippen LogP contribution in [0.2, 0.25) is 0 Å². The maximum Gasteiger partial charge on any atom is 0.207 e. The first-order chi connectivity index (χ1) is 13.7. The highest BCUT2D eigenvalue weighted by Gasteiger charge is 2.51. The number of anilines is 1. The van der Waals surface area contributed by atoms with E-state index in [0.29, 0.717) is 0 Å². The number of aryl methyl sites for hydroxylation is 1. The average Bonchev–Trinajstić information content (AvgIpc) is 3.24. The van der Waals surface area contributed by atoms with E-state index in [1.54, 1.807) is 19.1 Å². The van der Waals surface area contributed by atoms with E-state index in [2.05, 4.69) is 15.0 Å². The van der Waals surface area contributed by atoms with Crippen molar-refractivity contribution >= 4 is 26.8 Å². The largest absolute Gasteiger partial charge is 0.387 e. The molecule has 11 nitrogen and oxygen atoms in total. The Hall–Kier alpha value is -2.64. The third kappa shape index (κ3) is 3.14. The van der Waals surface area contributed by atoms with Crippen molar-refractivity contribution in [2.75, 3.05) is 5.73 Å². The summed E-state index contributed by atoms with van der Waals surface area (Å²) >= 11 is 0. The number of aromatic nitrogens is 4. The van der Waals surface area contributed by atoms with Crippen LogP contribution in [0, 0.1) is 6.92 Å². The number of nitrogens with zero attached hydrogens (tertiary/aromatic N) is 4. The molecule has 0 aliphatic carbocycles. The number of sulfone groups is 1. The van der Waals surface area contributed by atoms with Crippen molar-refractivity contribution in [2.45, 2.75) is 41.8 Å². The average molecular weight is 421 g/mol. The zero-order valence-corrected chi connectivity index (χ0v) is 16.0. The molecular weight excluding hydrogens is 402 g/mol. The maximum absolute atomic E-state index is 12.8. The number of nitrogen functional groups attached to an aromatic ring is 1. The lowest BCUT2D eigenvalue weighted by molar-refractivity contribution is -0.0615. The third-order valence-electron chi connectivity index (χ3n) is 4.88. The lowest BCUT2D eigenvalue weighted by Gasteiger charge is -2.21. The van der Waals surface area contributed by atoms with Gasteiger partial charge < -0.3 is 25.8 Å². The Bertz CT molecular complexity index is 1150. The van der Waals surface area contributed by atoms with Gasteiger partial charge in [-0.2, -0.15) is 0 Å². The number of aliphatic hydroxyl groups excluding tert-OH is 3. The normalized spacial score (nSPS) is 26.1. The van der Waals surface area contributed by atoms with Crippen LogP contribution in [-0.2, 0) is 14.6 Å². The number of aliphatic hydroxyl groups is 3. The minimum absolute atomic E-state index is 0.111. The molecule has 0 amide bonds. The van der Waals surface area contributed by atoms with Crippen molar-refractivity contribution in [3.63, 3.8) is 0 Å². The predicted molar refractivity (Wildman–Crippen MR) is 100 cm³/mol. The molecule has 2 aromatic heterocycles. The Morgan fingerprint density at radius 3 is 2.52 bits per heavy atom. The molecule has 3 heterocycles. The van der Waals surface area contributed by atoms with Gasteiger partial charge in [-0.05, 0) is 19.1 Å². The summed E-state index contributed by atoms with van der Waals surface area (Å²) in [5.41, 5.74) is 4.97. The molecule has 1 aliphatic heterocycles. The Morgan fingerprint density at radius 2 is 1.83 bits per heavy atom. The van der Waals surface area contributed by atoms with Gasteiger partial charge in [-0.1, -0.05) is 17.7 Å². The monoisotopic (exact) mass is 421 g/mol. The molecule has 0 radical (unpaired) electrons. The molecule has 154 valence electrons. The van der Waals surface area contributed by atoms with Crippen molar-refractivity contribution in [1.82, 2.24) is 19.5 Å². The fraction of sp³-hybridized carbons (Fsp3) is 0.353. The van der Waals surface area contributed by atoms with E-state index in [4.69, 9.17) is 10.5 Å². The molecule has 29 heavy (non-hydrogen) atoms. The predicted octanol–water partition coefficient (Wildman–Crippen LogP) is -0.872. The van der Waals surface area contributed by atoms with Crippen LogP contribution in [0.25, 0.3) is 11.2 Å². The van der Waals surface area contributed by atoms with E-state index in [1.165, 1.54) is 29.4 Å². The number of rotatable bonds is 4. The van der Waals surface area contributed by atoms with Crippen molar-refractivity contribution in [3.05, 3.63) is 42.5 Å². The lowest BCUT2D eigenvalue weighted by atomic mass is 10.1. The van der Waals surface area contributed by atoms with Crippen LogP contribution in [-0.4, -0.2) is 67.0 Å². The molecule has 0 unspecified atom stereocenters. The van der Waals surface area contributed by atoms with Crippen molar-refractivity contribution in [2.24, 2.45) is 0 Å². The summed E-state index contributed by atoms with van der Waals surface area (Å²) in [6.07, 6.45) is -3.58. The van der Waals surface area contributed by atoms with Gasteiger partial charge in [-0.25, -0.2) is 23.4 Å². The molecule has 4 rings (SSSR count). The van der Waals surface area contributed by atoms with Crippen molar-refractivity contribution in [1.29, 1.82) is 0 Å². The first-order valence-corrected chi connectivity index (χ1v) is 10.2. The number of imidazole rings is 1. The summed E-state index contributed by atoms with van der Waals surface area (Å²) in [4.78, 5) is 11.8. The quantitative estimate of drug-likeness (QED) is 0.414. The third-order valence-corrected chi connectivity index (χ3v) is 6.72. The lowest BCUT2D eigenvalue weighted by Crippen LogP contribution is -2.42. The Balaban J connectivity index is 1.66. The molecule has 1 aliphatic rings. The molecule has 1 saturated heterocycles. The van der Waals surface area contributed by atoms with Gasteiger partial charge in [-0.15, -0.1) is 0 Å². The van der Waals surface area contributed by atoms with Gasteiger partial charge in [0.05, 0.1) is 11.2 Å². The van der Waals surface area contributed by atoms with Crippen molar-refractivity contribution in [3.8, 4) is 0 Å². The standard InChI is InChI=1S/C17H19N5O6S/c1-8-2-4-9(5-3-8)29(26,27)17(25)13-11(23)12(24)16(28-13)22-7-21-10-14(18)19-6-20-15(10)22/h2-7,11-13,16-17,23-25H,1H3,(H2,18,19,20)/t11-,12+,13-,16-,17+/m1/s1. The van der Waals surface area contributed by atoms with Gasteiger partial charge in [0.2, 0.25) is 9.84 Å². The van der Waals surface area contributed by atoms with E-state index >= 15 is 0 Å². The first kappa shape index (κ1) is 19.7. The maximum atomic E-state index is 12.8. The molecule has 0 spiro atoms. The van der Waals surface area contributed by atoms with Gasteiger partial charge in [0.25, 0.3) is 0 Å². The minimum atomic E-state index is -4.25. The Morgan fingerprint density at radius 1 is 1.14 bits per heavy atom. The van der Waals surface area contributed by atoms with E-state index in [1.807, 2.05) is 0 Å². The van der Waals surface area contributed by atoms with Crippen LogP contribution < -0.4 is 5.73 Å². The fourth-order valence-electron chi connectivity index (χ4n) is 3.25. The van der Waals surface area contributed by atoms with E-state index in [-0.39, 0.29) is 21.9 Å². The molecular formula is C17H19N5O6S. The first-order valence-electron chi connectivity index (χ1n) is 8.65. The van der Waals surface area contributed by atoms with Gasteiger partial charge >= 0.3 is 0 Å². The Labute approximate surface area is 165 Å². The molecule has 5 atom stereocenters. The smallest absolute Gasteiger partial charge is 0.207 e. The van der Waals surface area contributed by atoms with Crippen molar-refractivity contribution < 1.29 is 28.5 Å². The summed E-state index contributed by atoms with van der Waals surface area (Å²) in [5, 5.41) is 31.3. The topological polar surface area (TPSA) is 174 Å². The summed E-state index contributed by atoms with van der Waals surface area (Å²) < 4.78 is 32.4. The summed E-state index contributed by atoms with van der Waals surface area (Å²) in [7, 11) is -4.25. The van der Waals surface area contributed by atoms with Crippen LogP contribution in [0.5, 0.6) is 0 Å². The highest BCUT2D eigenvalue weighted by atomic mass is 32.2. The van der Waals surface area contributed by atoms with Gasteiger partial charge in [0.15, 0.2) is 23.1 Å². The van der Waals surface area contributed by atoms with E-state index < -0.39 is 39.8 Å². The summed E-state index contributed by atoms with van der Waals surface area (Å²) in [5.74, 6) is 0.111. The van der Waals surface area contributed by atoms with Crippen LogP contribution >= 0.6 is 0 Å². The van der Waals surface area contributed by atoms with Crippen LogP contribution in [0.15, 0.2) is 41.8 Å². The molecule has 3 aromatic rings. The minimum Gasteiger partial charge on any atom is -0.387 e. The van der Waals surface area contributed by atoms with Crippen LogP contribution in [0.4, 0.5) is 5.82 Å². The fourth-order valence-corrected chi connectivity index (χ4v) is 4.62. The highest BCUT2D eigenvalue weighted by Crippen LogP contribution is 2.35. The number of ether oxygens (including phenoxy) is 1. The van der Waals surface area contributed by atoms with Crippen LogP contribution in [0.3, 0.4) is 0 Å². The molecule has 5 N–H and O–H groups in total. The Kier molecular flexibility index (Phi) is 4.75. The summed E-state index contributed by atoms with van der Waals surface area (Å²) in [6, 6.07) is 5.88. The number of hydrogen-bond donors (Lipinski definition) is 4. The van der Waals surface area contributed by atoms with Gasteiger partial charge in [0, 0.05) is 0 Å². The molecule has 12 heteroatoms. The second-order valence-corrected chi connectivity index (χ2v) is 8.85. The molecule has 1 aromatic carbocycles. The SMILES string of the molecule is Cc1ccc(S(=O)(=O)[C@H](O)[C@@H]2O[C@@H](n3cnc4c(N)ncnc43)[C@@H](O)[C@H]2O)cc1. The van der Waals surface area contributed by atoms with Gasteiger partial charge in [0.1, 0.15) is 30.2 Å². The number of fused-ring (bicyclic) bond motifs is 1. The second-order valence-electron chi connectivity index (χ2n) is 6.80. The van der Waals surface area contributed by atoms with Crippen LogP contribution in [0.1, 0.15) is 11.8 Å². The molecule has 0 bridgehead atoms. The zero-order chi connectivity index (χ0) is 20.9. The van der Waals surface area contributed by atoms with E-state index in [9.17, 15) is 23.7 Å². The second kappa shape index (κ2) is 7.00. The molecule has 1 fully saturated rings. The van der Waals surface area contributed by atoms with E-state index in [0.717, 1.165) is 5.56 Å². The number of benzene rings is 1. The zero-order valence-electron chi connectivity index (χ0n) is 15.2. The molecule has 0 saturated carbocycles. The number of nitrogens with two attached hydrogens (primary N) is 1. The van der Waals surface area contributed by atoms with Gasteiger partial charge in [-0.3, -0.25) is 4.57 Å². The number of hydrogen-bond acceptors (Lipinski definition) is 10. The summed E-state index contributed by atoms with van der Waals surface area (Å²) in [6.45, 7) is 1.80.